The van der Waals surface area contributed by atoms with Crippen molar-refractivity contribution in [2.45, 2.75) is 12.5 Å². The van der Waals surface area contributed by atoms with Crippen molar-refractivity contribution in [3.05, 3.63) is 77.6 Å². The minimum atomic E-state index is -0.412. The average molecular weight is 531 g/mol. The van der Waals surface area contributed by atoms with Crippen LogP contribution in [0, 0.1) is 5.82 Å². The summed E-state index contributed by atoms with van der Waals surface area (Å²) in [6.45, 7) is 5.20. The zero-order chi connectivity index (χ0) is 27.5. The van der Waals surface area contributed by atoms with E-state index in [9.17, 15) is 14.0 Å². The molecule has 4 aromatic rings. The zero-order valence-electron chi connectivity index (χ0n) is 21.5. The summed E-state index contributed by atoms with van der Waals surface area (Å²) in [5, 5.41) is 6.14. The molecular formula is C28H27FN6O4. The van der Waals surface area contributed by atoms with E-state index in [1.54, 1.807) is 24.3 Å². The molecule has 2 aromatic carbocycles. The van der Waals surface area contributed by atoms with E-state index in [2.05, 4.69) is 37.1 Å². The number of ether oxygens (including phenoxy) is 2. The molecule has 2 aromatic heterocycles. The molecule has 11 heteroatoms. The maximum Gasteiger partial charge on any atom is 0.259 e. The van der Waals surface area contributed by atoms with Crippen LogP contribution in [0.15, 0.2) is 66.2 Å². The van der Waals surface area contributed by atoms with Crippen LogP contribution in [-0.4, -0.2) is 59.1 Å². The fourth-order valence-corrected chi connectivity index (χ4v) is 4.47. The molecule has 10 nitrogen and oxygen atoms in total. The number of benzene rings is 2. The third-order valence-corrected chi connectivity index (χ3v) is 6.40. The van der Waals surface area contributed by atoms with Gasteiger partial charge in [-0.15, -0.1) is 0 Å². The number of nitrogens with one attached hydrogen (secondary N) is 3. The minimum Gasteiger partial charge on any atom is -0.494 e. The van der Waals surface area contributed by atoms with Crippen LogP contribution in [0.25, 0.3) is 22.0 Å². The van der Waals surface area contributed by atoms with Crippen molar-refractivity contribution in [1.82, 2.24) is 19.9 Å². The number of amides is 1. The Morgan fingerprint density at radius 1 is 1.26 bits per heavy atom. The van der Waals surface area contributed by atoms with E-state index in [-0.39, 0.29) is 23.0 Å². The highest BCUT2D eigenvalue weighted by molar-refractivity contribution is 6.00. The van der Waals surface area contributed by atoms with E-state index in [0.717, 1.165) is 19.5 Å². The molecule has 0 bridgehead atoms. The fourth-order valence-electron chi connectivity index (χ4n) is 4.47. The number of carbonyl (C=O) groups is 1. The number of rotatable bonds is 8. The highest BCUT2D eigenvalue weighted by atomic mass is 19.1. The van der Waals surface area contributed by atoms with Crippen LogP contribution < -0.4 is 25.7 Å². The predicted molar refractivity (Wildman–Crippen MR) is 147 cm³/mol. The van der Waals surface area contributed by atoms with Gasteiger partial charge in [-0.1, -0.05) is 18.7 Å². The number of aromatic amines is 1. The number of likely N-dealkylation sites (N-methyl/N-ethyl adjacent to an activating group) is 1. The van der Waals surface area contributed by atoms with Gasteiger partial charge < -0.3 is 30.0 Å². The zero-order valence-corrected chi connectivity index (χ0v) is 21.5. The molecule has 200 valence electrons. The Hall–Kier alpha value is -4.77. The van der Waals surface area contributed by atoms with Crippen molar-refractivity contribution >= 4 is 34.1 Å². The van der Waals surface area contributed by atoms with E-state index in [1.165, 1.54) is 37.7 Å². The van der Waals surface area contributed by atoms with E-state index >= 15 is 0 Å². The molecule has 0 saturated carbocycles. The van der Waals surface area contributed by atoms with Crippen molar-refractivity contribution in [1.29, 1.82) is 0 Å². The lowest BCUT2D eigenvalue weighted by Gasteiger charge is -2.20. The SMILES string of the molecule is C=CC(=O)Nc1cc(Nc2ncc3c(=O)[nH]cc(-c4cccc(F)c4)c3n2)c(OC)cc1OC1CCN(C)C1. The van der Waals surface area contributed by atoms with Crippen LogP contribution >= 0.6 is 0 Å². The summed E-state index contributed by atoms with van der Waals surface area (Å²) >= 11 is 0. The monoisotopic (exact) mass is 530 g/mol. The van der Waals surface area contributed by atoms with E-state index in [1.807, 2.05) is 7.05 Å². The summed E-state index contributed by atoms with van der Waals surface area (Å²) in [6, 6.07) is 9.35. The van der Waals surface area contributed by atoms with Gasteiger partial charge in [-0.2, -0.15) is 0 Å². The first-order valence-corrected chi connectivity index (χ1v) is 12.3. The van der Waals surface area contributed by atoms with Gasteiger partial charge in [0.05, 0.1) is 29.4 Å². The Labute approximate surface area is 223 Å². The Morgan fingerprint density at radius 3 is 2.82 bits per heavy atom. The first-order valence-electron chi connectivity index (χ1n) is 12.3. The molecule has 1 atom stereocenters. The largest absolute Gasteiger partial charge is 0.494 e. The second kappa shape index (κ2) is 10.9. The number of hydrogen-bond donors (Lipinski definition) is 3. The lowest BCUT2D eigenvalue weighted by Crippen LogP contribution is -2.22. The number of likely N-dealkylation sites (tertiary alicyclic amines) is 1. The number of aromatic nitrogens is 3. The van der Waals surface area contributed by atoms with Gasteiger partial charge in [0, 0.05) is 37.1 Å². The maximum atomic E-state index is 13.9. The van der Waals surface area contributed by atoms with E-state index in [0.29, 0.717) is 39.5 Å². The summed E-state index contributed by atoms with van der Waals surface area (Å²) < 4.78 is 25.8. The maximum absolute atomic E-state index is 13.9. The minimum absolute atomic E-state index is 0.0407. The molecule has 39 heavy (non-hydrogen) atoms. The molecular weight excluding hydrogens is 503 g/mol. The van der Waals surface area contributed by atoms with Crippen molar-refractivity contribution in [2.75, 3.05) is 37.9 Å². The van der Waals surface area contributed by atoms with Crippen LogP contribution in [0.3, 0.4) is 0 Å². The highest BCUT2D eigenvalue weighted by Gasteiger charge is 2.24. The quantitative estimate of drug-likeness (QED) is 0.292. The Bertz CT molecular complexity index is 1620. The molecule has 1 fully saturated rings. The third kappa shape index (κ3) is 5.58. The van der Waals surface area contributed by atoms with Crippen molar-refractivity contribution < 1.29 is 18.7 Å². The van der Waals surface area contributed by atoms with Crippen LogP contribution in [0.1, 0.15) is 6.42 Å². The summed E-state index contributed by atoms with van der Waals surface area (Å²) in [5.74, 6) is 0.223. The number of anilines is 3. The summed E-state index contributed by atoms with van der Waals surface area (Å²) in [4.78, 5) is 38.3. The number of carbonyl (C=O) groups excluding carboxylic acids is 1. The van der Waals surface area contributed by atoms with Crippen LogP contribution in [0.4, 0.5) is 21.7 Å². The lowest BCUT2D eigenvalue weighted by molar-refractivity contribution is -0.111. The van der Waals surface area contributed by atoms with Crippen LogP contribution in [0.5, 0.6) is 11.5 Å². The summed E-state index contributed by atoms with van der Waals surface area (Å²) in [7, 11) is 3.53. The number of fused-ring (bicyclic) bond motifs is 1. The molecule has 0 spiro atoms. The number of H-pyrrole nitrogens is 1. The molecule has 0 aliphatic carbocycles. The first kappa shape index (κ1) is 25.9. The highest BCUT2D eigenvalue weighted by Crippen LogP contribution is 2.39. The average Bonchev–Trinajstić information content (AvgIpc) is 3.34. The molecule has 3 heterocycles. The Kier molecular flexibility index (Phi) is 7.24. The van der Waals surface area contributed by atoms with Gasteiger partial charge in [-0.05, 0) is 43.3 Å². The number of nitrogens with zero attached hydrogens (tertiary/aromatic N) is 3. The Morgan fingerprint density at radius 2 is 2.10 bits per heavy atom. The van der Waals surface area contributed by atoms with Gasteiger partial charge in [-0.3, -0.25) is 9.59 Å². The molecule has 1 amide bonds. The number of pyridine rings is 1. The first-order chi connectivity index (χ1) is 18.8. The summed E-state index contributed by atoms with van der Waals surface area (Å²) in [6.07, 6.45) is 4.87. The number of hydrogen-bond acceptors (Lipinski definition) is 8. The molecule has 3 N–H and O–H groups in total. The van der Waals surface area contributed by atoms with Crippen molar-refractivity contribution in [3.8, 4) is 22.6 Å². The van der Waals surface area contributed by atoms with Gasteiger partial charge in [-0.25, -0.2) is 14.4 Å². The smallest absolute Gasteiger partial charge is 0.259 e. The number of methoxy groups -OCH3 is 1. The predicted octanol–water partition coefficient (Wildman–Crippen LogP) is 4.08. The Balaban J connectivity index is 1.55. The molecule has 1 aliphatic heterocycles. The van der Waals surface area contributed by atoms with Gasteiger partial charge in [0.1, 0.15) is 23.4 Å². The second-order valence-electron chi connectivity index (χ2n) is 9.16. The van der Waals surface area contributed by atoms with Crippen LogP contribution in [-0.2, 0) is 4.79 Å². The number of halogens is 1. The summed E-state index contributed by atoms with van der Waals surface area (Å²) in [5.41, 5.74) is 1.91. The topological polar surface area (TPSA) is 121 Å². The van der Waals surface area contributed by atoms with Gasteiger partial charge in [0.2, 0.25) is 11.9 Å². The molecule has 0 radical (unpaired) electrons. The van der Waals surface area contributed by atoms with Crippen LogP contribution in [0.2, 0.25) is 0 Å². The van der Waals surface area contributed by atoms with Crippen molar-refractivity contribution in [2.24, 2.45) is 0 Å². The van der Waals surface area contributed by atoms with E-state index < -0.39 is 11.7 Å². The van der Waals surface area contributed by atoms with Gasteiger partial charge >= 0.3 is 0 Å². The second-order valence-corrected chi connectivity index (χ2v) is 9.16. The molecule has 1 unspecified atom stereocenters. The molecule has 5 rings (SSSR count). The molecule has 1 saturated heterocycles. The molecule has 1 aliphatic rings. The lowest BCUT2D eigenvalue weighted by atomic mass is 10.1. The van der Waals surface area contributed by atoms with E-state index in [4.69, 9.17) is 9.47 Å². The van der Waals surface area contributed by atoms with Gasteiger partial charge in [0.15, 0.2) is 0 Å². The normalized spacial score (nSPS) is 15.2. The fraction of sp³-hybridized carbons (Fsp3) is 0.214. The standard InChI is InChI=1S/C28H27FN6O4/c1-4-25(36)32-22-11-21(23(38-3)12-24(22)39-18-8-9-35(2)15-18)33-28-31-14-20-26(34-28)19(13-30-27(20)37)16-6-5-7-17(29)10-16/h4-7,10-14,18H,1,8-9,15H2,2-3H3,(H,30,37)(H,32,36)(H,31,33,34). The van der Waals surface area contributed by atoms with Gasteiger partial charge in [0.25, 0.3) is 5.56 Å². The third-order valence-electron chi connectivity index (χ3n) is 6.40. The van der Waals surface area contributed by atoms with Crippen molar-refractivity contribution in [3.63, 3.8) is 0 Å².